The van der Waals surface area contributed by atoms with Gasteiger partial charge in [-0.2, -0.15) is 0 Å². The van der Waals surface area contributed by atoms with Crippen LogP contribution in [0.4, 0.5) is 0 Å². The zero-order chi connectivity index (χ0) is 18.5. The second kappa shape index (κ2) is 7.51. The number of amidine groups is 1. The van der Waals surface area contributed by atoms with Crippen molar-refractivity contribution in [3.63, 3.8) is 0 Å². The second-order valence-corrected chi connectivity index (χ2v) is 5.50. The first-order valence-corrected chi connectivity index (χ1v) is 7.84. The molecule has 0 bridgehead atoms. The maximum absolute atomic E-state index is 11.2. The fourth-order valence-electron chi connectivity index (χ4n) is 2.28. The van der Waals surface area contributed by atoms with Crippen LogP contribution in [0.5, 0.6) is 0 Å². The monoisotopic (exact) mass is 351 g/mol. The molecule has 2 aromatic heterocycles. The molecule has 0 atom stereocenters. The Hall–Kier alpha value is -3.62. The van der Waals surface area contributed by atoms with Gasteiger partial charge in [0.15, 0.2) is 5.82 Å². The first-order valence-electron chi connectivity index (χ1n) is 7.84. The average Bonchev–Trinajstić information content (AvgIpc) is 3.15. The molecule has 3 rings (SSSR count). The van der Waals surface area contributed by atoms with Crippen LogP contribution >= 0.6 is 0 Å². The lowest BCUT2D eigenvalue weighted by atomic mass is 10.1. The van der Waals surface area contributed by atoms with Crippen molar-refractivity contribution in [3.8, 4) is 17.1 Å². The van der Waals surface area contributed by atoms with Gasteiger partial charge in [0.05, 0.1) is 31.1 Å². The van der Waals surface area contributed by atoms with Crippen LogP contribution in [-0.2, 0) is 16.0 Å². The molecule has 2 heterocycles. The number of rotatable bonds is 6. The molecule has 1 aromatic carbocycles. The van der Waals surface area contributed by atoms with E-state index in [-0.39, 0.29) is 18.2 Å². The van der Waals surface area contributed by atoms with E-state index < -0.39 is 0 Å². The summed E-state index contributed by atoms with van der Waals surface area (Å²) in [7, 11) is 1.35. The third kappa shape index (κ3) is 3.89. The number of nitrogens with two attached hydrogens (primary N) is 1. The molecular weight excluding hydrogens is 334 g/mol. The first-order chi connectivity index (χ1) is 12.6. The maximum Gasteiger partial charge on any atom is 0.305 e. The van der Waals surface area contributed by atoms with Gasteiger partial charge in [0.25, 0.3) is 0 Å². The van der Waals surface area contributed by atoms with Crippen molar-refractivity contribution >= 4 is 11.8 Å². The first kappa shape index (κ1) is 17.2. The topological polar surface area (TPSA) is 133 Å². The van der Waals surface area contributed by atoms with Crippen molar-refractivity contribution < 1.29 is 9.53 Å². The lowest BCUT2D eigenvalue weighted by Gasteiger charge is -2.03. The van der Waals surface area contributed by atoms with Gasteiger partial charge in [-0.05, 0) is 12.1 Å². The van der Waals surface area contributed by atoms with Crippen LogP contribution in [0, 0.1) is 5.41 Å². The number of esters is 1. The summed E-state index contributed by atoms with van der Waals surface area (Å²) in [5.41, 5.74) is 8.33. The van der Waals surface area contributed by atoms with E-state index in [0.29, 0.717) is 29.2 Å². The van der Waals surface area contributed by atoms with Gasteiger partial charge in [0.1, 0.15) is 5.84 Å². The molecule has 0 spiro atoms. The molecule has 0 aliphatic heterocycles. The molecule has 9 nitrogen and oxygen atoms in total. The predicted molar refractivity (Wildman–Crippen MR) is 93.7 cm³/mol. The number of nitrogen functional groups attached to an aromatic ring is 1. The van der Waals surface area contributed by atoms with Crippen molar-refractivity contribution in [1.82, 2.24) is 25.2 Å². The zero-order valence-corrected chi connectivity index (χ0v) is 14.1. The molecular formula is C17H17N7O2. The predicted octanol–water partition coefficient (Wildman–Crippen LogP) is 1.11. The van der Waals surface area contributed by atoms with Crippen LogP contribution in [0.25, 0.3) is 17.1 Å². The number of ether oxygens (including phenoxy) is 1. The summed E-state index contributed by atoms with van der Waals surface area (Å²) in [5, 5.41) is 23.8. The molecule has 26 heavy (non-hydrogen) atoms. The molecule has 3 aromatic rings. The Balaban J connectivity index is 1.72. The summed E-state index contributed by atoms with van der Waals surface area (Å²) in [4.78, 5) is 11.2. The second-order valence-electron chi connectivity index (χ2n) is 5.50. The van der Waals surface area contributed by atoms with Crippen molar-refractivity contribution in [3.05, 3.63) is 53.9 Å². The molecule has 9 heteroatoms. The minimum atomic E-state index is -0.292. The van der Waals surface area contributed by atoms with Crippen molar-refractivity contribution in [2.75, 3.05) is 7.11 Å². The number of nitrogens with one attached hydrogen (secondary N) is 1. The third-order valence-electron chi connectivity index (χ3n) is 3.73. The number of carbonyl (C=O) groups excluding carboxylic acids is 1. The van der Waals surface area contributed by atoms with Crippen LogP contribution < -0.4 is 5.73 Å². The Kier molecular flexibility index (Phi) is 4.97. The number of nitrogens with zero attached hydrogens (tertiary/aromatic N) is 5. The average molecular weight is 351 g/mol. The van der Waals surface area contributed by atoms with Crippen molar-refractivity contribution in [2.45, 2.75) is 12.8 Å². The largest absolute Gasteiger partial charge is 0.469 e. The Morgan fingerprint density at radius 3 is 2.54 bits per heavy atom. The Bertz CT molecular complexity index is 917. The summed E-state index contributed by atoms with van der Waals surface area (Å²) in [6.45, 7) is 0. The highest BCUT2D eigenvalue weighted by Gasteiger charge is 2.08. The summed E-state index contributed by atoms with van der Waals surface area (Å²) in [6.07, 6.45) is 2.39. The highest BCUT2D eigenvalue weighted by Crippen LogP contribution is 2.17. The van der Waals surface area contributed by atoms with E-state index in [2.05, 4.69) is 25.2 Å². The number of hydrogen-bond acceptors (Lipinski definition) is 7. The van der Waals surface area contributed by atoms with E-state index in [1.54, 1.807) is 24.4 Å². The fraction of sp³-hybridized carbons (Fsp3) is 0.176. The molecule has 0 radical (unpaired) electrons. The third-order valence-corrected chi connectivity index (χ3v) is 3.73. The van der Waals surface area contributed by atoms with Gasteiger partial charge in [-0.3, -0.25) is 10.2 Å². The molecule has 0 aliphatic rings. The van der Waals surface area contributed by atoms with E-state index in [9.17, 15) is 4.79 Å². The molecule has 0 amide bonds. The number of aryl methyl sites for hydroxylation is 1. The molecule has 3 N–H and O–H groups in total. The zero-order valence-electron chi connectivity index (χ0n) is 14.1. The molecule has 0 fully saturated rings. The minimum absolute atomic E-state index is 0.0205. The number of hydrogen-bond donors (Lipinski definition) is 2. The van der Waals surface area contributed by atoms with Gasteiger partial charge in [0.2, 0.25) is 0 Å². The molecule has 0 aliphatic carbocycles. The fourth-order valence-corrected chi connectivity index (χ4v) is 2.28. The quantitative estimate of drug-likeness (QED) is 0.386. The van der Waals surface area contributed by atoms with Crippen molar-refractivity contribution in [1.29, 1.82) is 5.41 Å². The Morgan fingerprint density at radius 2 is 1.92 bits per heavy atom. The van der Waals surface area contributed by atoms with Crippen LogP contribution in [0.3, 0.4) is 0 Å². The van der Waals surface area contributed by atoms with E-state index in [0.717, 1.165) is 5.56 Å². The number of aromatic nitrogens is 5. The molecule has 132 valence electrons. The lowest BCUT2D eigenvalue weighted by molar-refractivity contribution is -0.140. The van der Waals surface area contributed by atoms with Crippen LogP contribution in [0.15, 0.2) is 42.6 Å². The van der Waals surface area contributed by atoms with E-state index in [1.807, 2.05) is 18.2 Å². The van der Waals surface area contributed by atoms with E-state index in [1.165, 1.54) is 11.8 Å². The normalized spacial score (nSPS) is 10.5. The van der Waals surface area contributed by atoms with Gasteiger partial charge in [-0.25, -0.2) is 4.68 Å². The van der Waals surface area contributed by atoms with Gasteiger partial charge >= 0.3 is 5.97 Å². The Labute approximate surface area is 149 Å². The highest BCUT2D eigenvalue weighted by atomic mass is 16.5. The van der Waals surface area contributed by atoms with Crippen LogP contribution in [-0.4, -0.2) is 44.1 Å². The van der Waals surface area contributed by atoms with Crippen molar-refractivity contribution in [2.24, 2.45) is 5.73 Å². The SMILES string of the molecule is COC(=O)CCc1cn(-c2ccc(-c3ccc(C(=N)N)cc3)nn2)nn1. The number of methoxy groups -OCH3 is 1. The standard InChI is InChI=1S/C17H17N7O2/c1-26-16(25)9-6-13-10-24(23-20-13)15-8-7-14(21-22-15)11-2-4-12(5-3-11)17(18)19/h2-5,7-8,10H,6,9H2,1H3,(H3,18,19). The summed E-state index contributed by atoms with van der Waals surface area (Å²) >= 11 is 0. The van der Waals surface area contributed by atoms with E-state index in [4.69, 9.17) is 11.1 Å². The number of carbonyl (C=O) groups is 1. The van der Waals surface area contributed by atoms with Gasteiger partial charge in [-0.1, -0.05) is 29.5 Å². The van der Waals surface area contributed by atoms with E-state index >= 15 is 0 Å². The molecule has 0 saturated carbocycles. The van der Waals surface area contributed by atoms with Gasteiger partial charge in [0, 0.05) is 17.5 Å². The summed E-state index contributed by atoms with van der Waals surface area (Å²) < 4.78 is 6.11. The highest BCUT2D eigenvalue weighted by molar-refractivity contribution is 5.95. The summed E-state index contributed by atoms with van der Waals surface area (Å²) in [5.74, 6) is 0.248. The van der Waals surface area contributed by atoms with Gasteiger partial charge < -0.3 is 10.5 Å². The number of benzene rings is 1. The lowest BCUT2D eigenvalue weighted by Crippen LogP contribution is -2.10. The minimum Gasteiger partial charge on any atom is -0.469 e. The van der Waals surface area contributed by atoms with Gasteiger partial charge in [-0.15, -0.1) is 15.3 Å². The maximum atomic E-state index is 11.2. The van der Waals surface area contributed by atoms with Crippen LogP contribution in [0.1, 0.15) is 17.7 Å². The molecule has 0 saturated heterocycles. The molecule has 0 unspecified atom stereocenters. The van der Waals surface area contributed by atoms with Crippen LogP contribution in [0.2, 0.25) is 0 Å². The summed E-state index contributed by atoms with van der Waals surface area (Å²) in [6, 6.07) is 10.8. The Morgan fingerprint density at radius 1 is 1.15 bits per heavy atom. The smallest absolute Gasteiger partial charge is 0.305 e.